The highest BCUT2D eigenvalue weighted by molar-refractivity contribution is 5.80. The molecule has 20 heavy (non-hydrogen) atoms. The highest BCUT2D eigenvalue weighted by atomic mass is 16.5. The van der Waals surface area contributed by atoms with Crippen LogP contribution in [0.3, 0.4) is 0 Å². The standard InChI is InChI=1S/C15H30N2O3/c1-6-20-14(18)15(3,16-4)10-12(2)17-9-7-8-13(11-17)19-5/h12-13,16H,6-11H2,1-5H3. The Morgan fingerprint density at radius 3 is 2.80 bits per heavy atom. The van der Waals surface area contributed by atoms with E-state index < -0.39 is 5.54 Å². The van der Waals surface area contributed by atoms with Crippen LogP contribution in [-0.4, -0.2) is 62.4 Å². The van der Waals surface area contributed by atoms with E-state index in [0.29, 0.717) is 18.8 Å². The van der Waals surface area contributed by atoms with Crippen LogP contribution in [0.15, 0.2) is 0 Å². The van der Waals surface area contributed by atoms with Gasteiger partial charge in [0.15, 0.2) is 0 Å². The number of hydrogen-bond acceptors (Lipinski definition) is 5. The summed E-state index contributed by atoms with van der Waals surface area (Å²) in [6, 6.07) is 0.315. The average molecular weight is 286 g/mol. The minimum atomic E-state index is -0.630. The summed E-state index contributed by atoms with van der Waals surface area (Å²) in [4.78, 5) is 14.5. The van der Waals surface area contributed by atoms with Gasteiger partial charge in [-0.3, -0.25) is 9.69 Å². The number of rotatable bonds is 7. The number of nitrogens with one attached hydrogen (secondary N) is 1. The summed E-state index contributed by atoms with van der Waals surface area (Å²) in [6.07, 6.45) is 3.33. The van der Waals surface area contributed by atoms with Crippen molar-refractivity contribution in [2.75, 3.05) is 33.9 Å². The van der Waals surface area contributed by atoms with Gasteiger partial charge in [-0.05, 0) is 53.6 Å². The Hall–Kier alpha value is -0.650. The maximum absolute atomic E-state index is 12.1. The van der Waals surface area contributed by atoms with Crippen molar-refractivity contribution in [3.63, 3.8) is 0 Å². The molecule has 1 heterocycles. The Morgan fingerprint density at radius 1 is 1.55 bits per heavy atom. The molecule has 0 radical (unpaired) electrons. The number of nitrogens with zero attached hydrogens (tertiary/aromatic N) is 1. The lowest BCUT2D eigenvalue weighted by atomic mass is 9.92. The molecule has 0 bridgehead atoms. The van der Waals surface area contributed by atoms with Crippen LogP contribution in [0.4, 0.5) is 0 Å². The minimum Gasteiger partial charge on any atom is -0.465 e. The van der Waals surface area contributed by atoms with Crippen LogP contribution >= 0.6 is 0 Å². The predicted molar refractivity (Wildman–Crippen MR) is 79.8 cm³/mol. The van der Waals surface area contributed by atoms with Gasteiger partial charge in [-0.2, -0.15) is 0 Å². The average Bonchev–Trinajstić information content (AvgIpc) is 2.47. The van der Waals surface area contributed by atoms with E-state index in [1.54, 1.807) is 7.11 Å². The third kappa shape index (κ3) is 4.43. The van der Waals surface area contributed by atoms with E-state index in [4.69, 9.17) is 9.47 Å². The number of ether oxygens (including phenoxy) is 2. The fraction of sp³-hybridized carbons (Fsp3) is 0.933. The molecule has 3 atom stereocenters. The van der Waals surface area contributed by atoms with E-state index in [1.165, 1.54) is 0 Å². The van der Waals surface area contributed by atoms with Gasteiger partial charge < -0.3 is 14.8 Å². The van der Waals surface area contributed by atoms with Crippen molar-refractivity contribution < 1.29 is 14.3 Å². The molecule has 1 fully saturated rings. The Bertz CT molecular complexity index is 311. The van der Waals surface area contributed by atoms with E-state index >= 15 is 0 Å². The molecule has 1 aliphatic heterocycles. The van der Waals surface area contributed by atoms with Crippen LogP contribution in [0.1, 0.15) is 40.0 Å². The zero-order valence-corrected chi connectivity index (χ0v) is 13.6. The van der Waals surface area contributed by atoms with Gasteiger partial charge in [0.25, 0.3) is 0 Å². The van der Waals surface area contributed by atoms with E-state index in [2.05, 4.69) is 17.1 Å². The Kier molecular flexibility index (Phi) is 6.92. The van der Waals surface area contributed by atoms with Gasteiger partial charge in [-0.1, -0.05) is 0 Å². The zero-order valence-electron chi connectivity index (χ0n) is 13.6. The van der Waals surface area contributed by atoms with E-state index in [-0.39, 0.29) is 5.97 Å². The lowest BCUT2D eigenvalue weighted by Crippen LogP contribution is -2.54. The molecule has 0 aromatic rings. The minimum absolute atomic E-state index is 0.172. The number of likely N-dealkylation sites (N-methyl/N-ethyl adjacent to an activating group) is 1. The molecule has 118 valence electrons. The van der Waals surface area contributed by atoms with Crippen molar-refractivity contribution in [1.29, 1.82) is 0 Å². The van der Waals surface area contributed by atoms with Crippen LogP contribution in [-0.2, 0) is 14.3 Å². The molecule has 0 amide bonds. The summed E-state index contributed by atoms with van der Waals surface area (Å²) in [5.74, 6) is -0.172. The van der Waals surface area contributed by atoms with E-state index in [0.717, 1.165) is 32.4 Å². The van der Waals surface area contributed by atoms with Gasteiger partial charge in [0.1, 0.15) is 5.54 Å². The van der Waals surface area contributed by atoms with E-state index in [1.807, 2.05) is 20.9 Å². The Balaban J connectivity index is 2.62. The van der Waals surface area contributed by atoms with Gasteiger partial charge in [-0.15, -0.1) is 0 Å². The molecule has 0 saturated carbocycles. The normalized spacial score (nSPS) is 24.9. The number of hydrogen-bond donors (Lipinski definition) is 1. The molecule has 3 unspecified atom stereocenters. The second-order valence-corrected chi connectivity index (χ2v) is 5.85. The van der Waals surface area contributed by atoms with Crippen LogP contribution in [0.2, 0.25) is 0 Å². The first-order valence-corrected chi connectivity index (χ1v) is 7.59. The van der Waals surface area contributed by atoms with Gasteiger partial charge in [0.05, 0.1) is 12.7 Å². The van der Waals surface area contributed by atoms with Crippen molar-refractivity contribution in [3.8, 4) is 0 Å². The quantitative estimate of drug-likeness (QED) is 0.717. The molecule has 0 aromatic heterocycles. The molecule has 5 heteroatoms. The van der Waals surface area contributed by atoms with Crippen molar-refractivity contribution in [3.05, 3.63) is 0 Å². The summed E-state index contributed by atoms with van der Waals surface area (Å²) in [7, 11) is 3.59. The third-order valence-corrected chi connectivity index (χ3v) is 4.35. The molecule has 1 aliphatic rings. The van der Waals surface area contributed by atoms with Crippen LogP contribution in [0, 0.1) is 0 Å². The Morgan fingerprint density at radius 2 is 2.25 bits per heavy atom. The SMILES string of the molecule is CCOC(=O)C(C)(CC(C)N1CCCC(OC)C1)NC. The second-order valence-electron chi connectivity index (χ2n) is 5.85. The number of carbonyl (C=O) groups is 1. The lowest BCUT2D eigenvalue weighted by Gasteiger charge is -2.39. The largest absolute Gasteiger partial charge is 0.465 e. The van der Waals surface area contributed by atoms with Gasteiger partial charge in [0, 0.05) is 19.7 Å². The molecule has 1 saturated heterocycles. The summed E-state index contributed by atoms with van der Waals surface area (Å²) in [5.41, 5.74) is -0.630. The van der Waals surface area contributed by atoms with Crippen LogP contribution < -0.4 is 5.32 Å². The molecular formula is C15H30N2O3. The first-order valence-electron chi connectivity index (χ1n) is 7.59. The summed E-state index contributed by atoms with van der Waals surface area (Å²) in [5, 5.41) is 3.13. The first-order chi connectivity index (χ1) is 9.46. The predicted octanol–water partition coefficient (Wildman–Crippen LogP) is 1.42. The highest BCUT2D eigenvalue weighted by Crippen LogP contribution is 2.22. The summed E-state index contributed by atoms with van der Waals surface area (Å²) in [6.45, 7) is 8.36. The number of methoxy groups -OCH3 is 1. The van der Waals surface area contributed by atoms with Crippen molar-refractivity contribution in [2.45, 2.75) is 57.7 Å². The second kappa shape index (κ2) is 7.96. The molecular weight excluding hydrogens is 256 g/mol. The highest BCUT2D eigenvalue weighted by Gasteiger charge is 2.36. The van der Waals surface area contributed by atoms with Crippen molar-refractivity contribution >= 4 is 5.97 Å². The zero-order chi connectivity index (χ0) is 15.2. The molecule has 0 aromatic carbocycles. The molecule has 0 aliphatic carbocycles. The van der Waals surface area contributed by atoms with Gasteiger partial charge in [0.2, 0.25) is 0 Å². The van der Waals surface area contributed by atoms with E-state index in [9.17, 15) is 4.79 Å². The first kappa shape index (κ1) is 17.4. The van der Waals surface area contributed by atoms with Gasteiger partial charge >= 0.3 is 5.97 Å². The third-order valence-electron chi connectivity index (χ3n) is 4.35. The van der Waals surface area contributed by atoms with Crippen molar-refractivity contribution in [1.82, 2.24) is 10.2 Å². The smallest absolute Gasteiger partial charge is 0.326 e. The fourth-order valence-corrected chi connectivity index (χ4v) is 2.86. The molecule has 1 rings (SSSR count). The van der Waals surface area contributed by atoms with Crippen LogP contribution in [0.25, 0.3) is 0 Å². The summed E-state index contributed by atoms with van der Waals surface area (Å²) >= 11 is 0. The molecule has 0 spiro atoms. The maximum atomic E-state index is 12.1. The van der Waals surface area contributed by atoms with Gasteiger partial charge in [-0.25, -0.2) is 0 Å². The number of esters is 1. The monoisotopic (exact) mass is 286 g/mol. The number of likely N-dealkylation sites (tertiary alicyclic amines) is 1. The maximum Gasteiger partial charge on any atom is 0.326 e. The fourth-order valence-electron chi connectivity index (χ4n) is 2.86. The van der Waals surface area contributed by atoms with Crippen molar-refractivity contribution in [2.24, 2.45) is 0 Å². The number of piperidine rings is 1. The molecule has 5 nitrogen and oxygen atoms in total. The number of carbonyl (C=O) groups excluding carboxylic acids is 1. The Labute approximate surface area is 123 Å². The topological polar surface area (TPSA) is 50.8 Å². The molecule has 1 N–H and O–H groups in total. The summed E-state index contributed by atoms with van der Waals surface area (Å²) < 4.78 is 10.6. The lowest BCUT2D eigenvalue weighted by molar-refractivity contribution is -0.151. The van der Waals surface area contributed by atoms with Crippen LogP contribution in [0.5, 0.6) is 0 Å².